The van der Waals surface area contributed by atoms with E-state index in [1.54, 1.807) is 0 Å². The zero-order chi connectivity index (χ0) is 17.5. The Kier molecular flexibility index (Phi) is 6.32. The first-order chi connectivity index (χ1) is 12.2. The summed E-state index contributed by atoms with van der Waals surface area (Å²) in [6.07, 6.45) is 2.32. The summed E-state index contributed by atoms with van der Waals surface area (Å²) in [5.74, 6) is 0. The van der Waals surface area contributed by atoms with Crippen LogP contribution in [0.3, 0.4) is 0 Å². The molecule has 0 aliphatic rings. The van der Waals surface area contributed by atoms with Crippen LogP contribution in [0, 0.1) is 0 Å². The molecule has 0 bridgehead atoms. The average Bonchev–Trinajstić information content (AvgIpc) is 2.64. The van der Waals surface area contributed by atoms with Gasteiger partial charge in [0, 0.05) is 16.3 Å². The highest BCUT2D eigenvalue weighted by Crippen LogP contribution is 2.27. The summed E-state index contributed by atoms with van der Waals surface area (Å²) >= 11 is 7.22. The van der Waals surface area contributed by atoms with Gasteiger partial charge in [-0.1, -0.05) is 78.0 Å². The van der Waals surface area contributed by atoms with Crippen LogP contribution < -0.4 is 0 Å². The maximum absolute atomic E-state index is 12.2. The molecule has 1 nitrogen and oxygen atoms in total. The molecule has 3 aromatic rings. The zero-order valence-electron chi connectivity index (χ0n) is 13.8. The van der Waals surface area contributed by atoms with Crippen LogP contribution in [0.25, 0.3) is 11.1 Å². The number of carbonyl (C=O) groups excluding carboxylic acids is 1. The number of thioether (sulfide) groups is 1. The molecule has 0 amide bonds. The number of hydrogen-bond acceptors (Lipinski definition) is 2. The summed E-state index contributed by atoms with van der Waals surface area (Å²) in [7, 11) is 0. The third-order valence-corrected chi connectivity index (χ3v) is 5.11. The van der Waals surface area contributed by atoms with Gasteiger partial charge in [-0.25, -0.2) is 0 Å². The third-order valence-electron chi connectivity index (χ3n) is 3.93. The quantitative estimate of drug-likeness (QED) is 0.454. The summed E-state index contributed by atoms with van der Waals surface area (Å²) in [6.45, 7) is 0. The van der Waals surface area contributed by atoms with Gasteiger partial charge in [-0.3, -0.25) is 4.79 Å². The number of halogens is 1. The van der Waals surface area contributed by atoms with Gasteiger partial charge < -0.3 is 0 Å². The SMILES string of the molecule is O=C(CCCc1ccc(Cl)cc1)Sc1cccc(-c2ccccc2)c1. The lowest BCUT2D eigenvalue weighted by Gasteiger charge is -2.05. The molecule has 25 heavy (non-hydrogen) atoms. The van der Waals surface area contributed by atoms with Crippen LogP contribution >= 0.6 is 23.4 Å². The Hall–Kier alpha value is -2.03. The molecule has 0 aliphatic carbocycles. The minimum atomic E-state index is 0.208. The van der Waals surface area contributed by atoms with Crippen LogP contribution in [-0.4, -0.2) is 5.12 Å². The van der Waals surface area contributed by atoms with E-state index in [9.17, 15) is 4.79 Å². The molecular formula is C22H19ClOS. The highest BCUT2D eigenvalue weighted by molar-refractivity contribution is 8.13. The van der Waals surface area contributed by atoms with Gasteiger partial charge in [-0.15, -0.1) is 0 Å². The predicted octanol–water partition coefficient (Wildman–Crippen LogP) is 6.65. The summed E-state index contributed by atoms with van der Waals surface area (Å²) in [5.41, 5.74) is 3.52. The summed E-state index contributed by atoms with van der Waals surface area (Å²) in [5, 5.41) is 0.952. The average molecular weight is 367 g/mol. The van der Waals surface area contributed by atoms with E-state index in [0.717, 1.165) is 28.3 Å². The molecule has 0 aliphatic heterocycles. The lowest BCUT2D eigenvalue weighted by molar-refractivity contribution is -0.111. The van der Waals surface area contributed by atoms with Crippen LogP contribution in [0.1, 0.15) is 18.4 Å². The second kappa shape index (κ2) is 8.89. The maximum atomic E-state index is 12.2. The number of carbonyl (C=O) groups is 1. The minimum Gasteiger partial charge on any atom is -0.287 e. The number of hydrogen-bond donors (Lipinski definition) is 0. The van der Waals surface area contributed by atoms with Gasteiger partial charge in [0.2, 0.25) is 0 Å². The van der Waals surface area contributed by atoms with Crippen LogP contribution in [0.4, 0.5) is 0 Å². The van der Waals surface area contributed by atoms with Crippen molar-refractivity contribution in [1.29, 1.82) is 0 Å². The van der Waals surface area contributed by atoms with E-state index >= 15 is 0 Å². The highest BCUT2D eigenvalue weighted by atomic mass is 35.5. The molecule has 0 saturated heterocycles. The number of benzene rings is 3. The number of rotatable bonds is 6. The van der Waals surface area contributed by atoms with Gasteiger partial charge >= 0.3 is 0 Å². The van der Waals surface area contributed by atoms with Crippen molar-refractivity contribution >= 4 is 28.5 Å². The van der Waals surface area contributed by atoms with Gasteiger partial charge in [0.25, 0.3) is 0 Å². The van der Waals surface area contributed by atoms with Gasteiger partial charge in [-0.2, -0.15) is 0 Å². The lowest BCUT2D eigenvalue weighted by atomic mass is 10.1. The van der Waals surface area contributed by atoms with E-state index in [-0.39, 0.29) is 5.12 Å². The van der Waals surface area contributed by atoms with Gasteiger partial charge in [0.05, 0.1) is 0 Å². The second-order valence-corrected chi connectivity index (χ2v) is 7.42. The normalized spacial score (nSPS) is 10.6. The smallest absolute Gasteiger partial charge is 0.193 e. The molecule has 126 valence electrons. The van der Waals surface area contributed by atoms with Crippen LogP contribution in [0.2, 0.25) is 5.02 Å². The topological polar surface area (TPSA) is 17.1 Å². The summed E-state index contributed by atoms with van der Waals surface area (Å²) in [4.78, 5) is 13.2. The molecule has 0 saturated carbocycles. The van der Waals surface area contributed by atoms with Gasteiger partial charge in [0.1, 0.15) is 0 Å². The van der Waals surface area contributed by atoms with E-state index in [2.05, 4.69) is 24.3 Å². The van der Waals surface area contributed by atoms with Crippen molar-refractivity contribution in [3.05, 3.63) is 89.4 Å². The van der Waals surface area contributed by atoms with E-state index in [1.165, 1.54) is 22.9 Å². The maximum Gasteiger partial charge on any atom is 0.193 e. The van der Waals surface area contributed by atoms with Crippen molar-refractivity contribution in [2.45, 2.75) is 24.2 Å². The molecule has 0 N–H and O–H groups in total. The molecule has 0 heterocycles. The Labute approximate surface area is 158 Å². The minimum absolute atomic E-state index is 0.208. The summed E-state index contributed by atoms with van der Waals surface area (Å²) < 4.78 is 0. The van der Waals surface area contributed by atoms with Crippen molar-refractivity contribution in [3.8, 4) is 11.1 Å². The monoisotopic (exact) mass is 366 g/mol. The second-order valence-electron chi connectivity index (χ2n) is 5.85. The molecule has 3 rings (SSSR count). The van der Waals surface area contributed by atoms with Crippen molar-refractivity contribution < 1.29 is 4.79 Å². The fourth-order valence-corrected chi connectivity index (χ4v) is 3.61. The molecule has 0 radical (unpaired) electrons. The Bertz CT molecular complexity index is 828. The van der Waals surface area contributed by atoms with Crippen molar-refractivity contribution in [1.82, 2.24) is 0 Å². The first kappa shape index (κ1) is 17.8. The van der Waals surface area contributed by atoms with Crippen molar-refractivity contribution in [2.75, 3.05) is 0 Å². The zero-order valence-corrected chi connectivity index (χ0v) is 15.4. The van der Waals surface area contributed by atoms with Crippen LogP contribution in [-0.2, 0) is 11.2 Å². The Morgan fingerprint density at radius 1 is 0.840 bits per heavy atom. The molecule has 0 fully saturated rings. The van der Waals surface area contributed by atoms with E-state index in [1.807, 2.05) is 54.6 Å². The third kappa shape index (κ3) is 5.48. The number of aryl methyl sites for hydroxylation is 1. The molecule has 0 spiro atoms. The molecule has 0 atom stereocenters. The van der Waals surface area contributed by atoms with Gasteiger partial charge in [0.15, 0.2) is 5.12 Å². The van der Waals surface area contributed by atoms with E-state index < -0.39 is 0 Å². The fraction of sp³-hybridized carbons (Fsp3) is 0.136. The van der Waals surface area contributed by atoms with Crippen molar-refractivity contribution in [3.63, 3.8) is 0 Å². The molecule has 3 aromatic carbocycles. The molecule has 0 aromatic heterocycles. The first-order valence-electron chi connectivity index (χ1n) is 8.31. The van der Waals surface area contributed by atoms with Crippen molar-refractivity contribution in [2.24, 2.45) is 0 Å². The Morgan fingerprint density at radius 2 is 1.56 bits per heavy atom. The molecule has 3 heteroatoms. The molecular weight excluding hydrogens is 348 g/mol. The molecule has 0 unspecified atom stereocenters. The largest absolute Gasteiger partial charge is 0.287 e. The first-order valence-corrected chi connectivity index (χ1v) is 9.51. The van der Waals surface area contributed by atoms with Crippen LogP contribution in [0.15, 0.2) is 83.8 Å². The van der Waals surface area contributed by atoms with Gasteiger partial charge in [-0.05, 0) is 53.8 Å². The fourth-order valence-electron chi connectivity index (χ4n) is 2.64. The van der Waals surface area contributed by atoms with Crippen LogP contribution in [0.5, 0.6) is 0 Å². The van der Waals surface area contributed by atoms with E-state index in [4.69, 9.17) is 11.6 Å². The predicted molar refractivity (Wildman–Crippen MR) is 107 cm³/mol. The highest BCUT2D eigenvalue weighted by Gasteiger charge is 2.06. The standard InChI is InChI=1S/C22H19ClOS/c23-20-14-12-17(13-15-20)6-4-11-22(24)25-21-10-5-9-19(16-21)18-7-2-1-3-8-18/h1-3,5,7-10,12-16H,4,6,11H2. The Balaban J connectivity index is 1.53. The summed E-state index contributed by atoms with van der Waals surface area (Å²) in [6, 6.07) is 26.2. The van der Waals surface area contributed by atoms with E-state index in [0.29, 0.717) is 6.42 Å². The lowest BCUT2D eigenvalue weighted by Crippen LogP contribution is -1.94. The Morgan fingerprint density at radius 3 is 2.32 bits per heavy atom.